The zero-order valence-electron chi connectivity index (χ0n) is 20.7. The van der Waals surface area contributed by atoms with Gasteiger partial charge in [-0.05, 0) is 49.2 Å². The van der Waals surface area contributed by atoms with Crippen molar-refractivity contribution in [3.63, 3.8) is 0 Å². The number of nitro groups is 1. The third kappa shape index (κ3) is 3.97. The van der Waals surface area contributed by atoms with Crippen molar-refractivity contribution in [2.45, 2.75) is 18.9 Å². The first kappa shape index (κ1) is 23.5. The number of nitrogens with one attached hydrogen (secondary N) is 1. The maximum atomic E-state index is 13.8. The van der Waals surface area contributed by atoms with Crippen molar-refractivity contribution < 1.29 is 9.72 Å². The van der Waals surface area contributed by atoms with E-state index in [-0.39, 0.29) is 23.3 Å². The molecular formula is C27H25N7O4. The van der Waals surface area contributed by atoms with Crippen molar-refractivity contribution in [2.24, 2.45) is 7.05 Å². The summed E-state index contributed by atoms with van der Waals surface area (Å²) in [6.45, 7) is 0.935. The molecule has 0 radical (unpaired) electrons. The smallest absolute Gasteiger partial charge is 0.326 e. The summed E-state index contributed by atoms with van der Waals surface area (Å²) in [7, 11) is 1.89. The summed E-state index contributed by atoms with van der Waals surface area (Å²) in [6, 6.07) is 19.2. The number of fused-ring (bicyclic) bond motifs is 1. The van der Waals surface area contributed by atoms with Gasteiger partial charge in [-0.3, -0.25) is 19.5 Å². The van der Waals surface area contributed by atoms with E-state index < -0.39 is 4.92 Å². The Morgan fingerprint density at radius 1 is 1.05 bits per heavy atom. The van der Waals surface area contributed by atoms with Crippen LogP contribution in [-0.4, -0.2) is 52.7 Å². The first-order valence-corrected chi connectivity index (χ1v) is 12.4. The van der Waals surface area contributed by atoms with Crippen LogP contribution in [0.25, 0.3) is 28.1 Å². The molecule has 0 spiro atoms. The number of amides is 1. The molecule has 192 valence electrons. The third-order valence-corrected chi connectivity index (χ3v) is 7.16. The standard InChI is InChI=1S/C27H25N7O4/c1-30-13-5-10-23(30)22-17-25(33(29-22)19-6-4-7-20(16-19)34(37)38)26(35)31-14-11-18(12-15-31)32-24-9-3-2-8-21(24)28-27(32)36/h2-10,13,16-18H,11-12,14-15H2,1H3,(H,28,36). The van der Waals surface area contributed by atoms with Crippen molar-refractivity contribution in [1.82, 2.24) is 28.8 Å². The maximum Gasteiger partial charge on any atom is 0.326 e. The van der Waals surface area contributed by atoms with Gasteiger partial charge in [0.05, 0.1) is 27.3 Å². The Hall–Kier alpha value is -4.93. The van der Waals surface area contributed by atoms with Crippen LogP contribution in [0.15, 0.2) is 77.7 Å². The van der Waals surface area contributed by atoms with Crippen LogP contribution in [0.4, 0.5) is 5.69 Å². The number of aromatic amines is 1. The summed E-state index contributed by atoms with van der Waals surface area (Å²) in [5, 5.41) is 16.1. The summed E-state index contributed by atoms with van der Waals surface area (Å²) < 4.78 is 5.17. The SMILES string of the molecule is Cn1cccc1-c1cc(C(=O)N2CCC(n3c(=O)[nH]c4ccccc43)CC2)n(-c2cccc([N+](=O)[O-])c2)n1. The Morgan fingerprint density at radius 2 is 1.84 bits per heavy atom. The van der Waals surface area contributed by atoms with E-state index in [1.165, 1.54) is 16.8 Å². The predicted molar refractivity (Wildman–Crippen MR) is 141 cm³/mol. The van der Waals surface area contributed by atoms with E-state index in [0.717, 1.165) is 16.7 Å². The van der Waals surface area contributed by atoms with Crippen LogP contribution in [0.3, 0.4) is 0 Å². The quantitative estimate of drug-likeness (QED) is 0.283. The third-order valence-electron chi connectivity index (χ3n) is 7.16. The highest BCUT2D eigenvalue weighted by Gasteiger charge is 2.29. The molecule has 3 aromatic heterocycles. The molecule has 0 saturated carbocycles. The minimum Gasteiger partial charge on any atom is -0.349 e. The van der Waals surface area contributed by atoms with Crippen LogP contribution in [0, 0.1) is 10.1 Å². The van der Waals surface area contributed by atoms with Gasteiger partial charge in [0.2, 0.25) is 0 Å². The number of hydrogen-bond acceptors (Lipinski definition) is 5. The minimum atomic E-state index is -0.468. The lowest BCUT2D eigenvalue weighted by Crippen LogP contribution is -2.41. The van der Waals surface area contributed by atoms with Gasteiger partial charge in [0.15, 0.2) is 0 Å². The molecule has 1 aliphatic rings. The van der Waals surface area contributed by atoms with Crippen LogP contribution in [-0.2, 0) is 7.05 Å². The molecule has 1 aliphatic heterocycles. The van der Waals surface area contributed by atoms with Crippen molar-refractivity contribution in [3.8, 4) is 17.1 Å². The van der Waals surface area contributed by atoms with Gasteiger partial charge in [0.1, 0.15) is 11.4 Å². The first-order chi connectivity index (χ1) is 18.4. The largest absolute Gasteiger partial charge is 0.349 e. The summed E-state index contributed by atoms with van der Waals surface area (Å²) in [6.07, 6.45) is 3.15. The lowest BCUT2D eigenvalue weighted by Gasteiger charge is -2.32. The van der Waals surface area contributed by atoms with Gasteiger partial charge in [0, 0.05) is 44.5 Å². The number of nitrogens with zero attached hydrogens (tertiary/aromatic N) is 6. The number of carbonyl (C=O) groups excluding carboxylic acids is 1. The van der Waals surface area contributed by atoms with Crippen LogP contribution >= 0.6 is 0 Å². The van der Waals surface area contributed by atoms with E-state index in [1.54, 1.807) is 27.7 Å². The lowest BCUT2D eigenvalue weighted by atomic mass is 10.0. The van der Waals surface area contributed by atoms with Gasteiger partial charge >= 0.3 is 5.69 Å². The molecule has 0 bridgehead atoms. The molecule has 11 heteroatoms. The Balaban J connectivity index is 1.32. The number of hydrogen-bond donors (Lipinski definition) is 1. The highest BCUT2D eigenvalue weighted by atomic mass is 16.6. The topological polar surface area (TPSA) is 124 Å². The summed E-state index contributed by atoms with van der Waals surface area (Å²) in [5.74, 6) is -0.214. The molecule has 1 saturated heterocycles. The fourth-order valence-corrected chi connectivity index (χ4v) is 5.25. The number of likely N-dealkylation sites (tertiary alicyclic amines) is 1. The molecule has 5 aromatic rings. The van der Waals surface area contributed by atoms with Gasteiger partial charge in [-0.15, -0.1) is 0 Å². The van der Waals surface area contributed by atoms with Crippen molar-refractivity contribution in [3.05, 3.63) is 99.2 Å². The van der Waals surface area contributed by atoms with E-state index in [0.29, 0.717) is 43.0 Å². The van der Waals surface area contributed by atoms with Gasteiger partial charge in [-0.2, -0.15) is 5.10 Å². The van der Waals surface area contributed by atoms with E-state index in [9.17, 15) is 19.7 Å². The first-order valence-electron chi connectivity index (χ1n) is 12.4. The van der Waals surface area contributed by atoms with E-state index in [4.69, 9.17) is 0 Å². The summed E-state index contributed by atoms with van der Waals surface area (Å²) >= 11 is 0. The van der Waals surface area contributed by atoms with Gasteiger partial charge < -0.3 is 14.5 Å². The van der Waals surface area contributed by atoms with Crippen LogP contribution in [0.2, 0.25) is 0 Å². The number of H-pyrrole nitrogens is 1. The number of rotatable bonds is 5. The van der Waals surface area contributed by atoms with Gasteiger partial charge in [-0.25, -0.2) is 9.48 Å². The molecule has 0 unspecified atom stereocenters. The van der Waals surface area contributed by atoms with Crippen LogP contribution in [0.1, 0.15) is 29.4 Å². The molecule has 1 fully saturated rings. The van der Waals surface area contributed by atoms with Crippen molar-refractivity contribution >= 4 is 22.6 Å². The molecular weight excluding hydrogens is 486 g/mol. The Morgan fingerprint density at radius 3 is 2.58 bits per heavy atom. The molecule has 6 rings (SSSR count). The summed E-state index contributed by atoms with van der Waals surface area (Å²) in [5.41, 5.74) is 3.60. The Kier molecular flexibility index (Phi) is 5.67. The molecule has 0 aliphatic carbocycles. The number of piperidine rings is 1. The van der Waals surface area contributed by atoms with E-state index >= 15 is 0 Å². The second-order valence-electron chi connectivity index (χ2n) is 9.45. The molecule has 38 heavy (non-hydrogen) atoms. The number of aryl methyl sites for hydroxylation is 1. The highest BCUT2D eigenvalue weighted by Crippen LogP contribution is 2.28. The average molecular weight is 512 g/mol. The number of para-hydroxylation sites is 2. The monoisotopic (exact) mass is 511 g/mol. The number of benzene rings is 2. The zero-order chi connectivity index (χ0) is 26.4. The second-order valence-corrected chi connectivity index (χ2v) is 9.45. The Labute approximate surface area is 216 Å². The lowest BCUT2D eigenvalue weighted by molar-refractivity contribution is -0.384. The fourth-order valence-electron chi connectivity index (χ4n) is 5.25. The van der Waals surface area contributed by atoms with E-state index in [2.05, 4.69) is 10.1 Å². The molecule has 1 N–H and O–H groups in total. The number of nitro benzene ring substituents is 1. The predicted octanol–water partition coefficient (Wildman–Crippen LogP) is 3.91. The van der Waals surface area contributed by atoms with Crippen LogP contribution in [0.5, 0.6) is 0 Å². The summed E-state index contributed by atoms with van der Waals surface area (Å²) in [4.78, 5) is 42.1. The molecule has 1 amide bonds. The number of imidazole rings is 1. The Bertz CT molecular complexity index is 1730. The molecule has 0 atom stereocenters. The van der Waals surface area contributed by atoms with Gasteiger partial charge in [0.25, 0.3) is 11.6 Å². The number of non-ortho nitro benzene ring substituents is 1. The second kappa shape index (κ2) is 9.18. The minimum absolute atomic E-state index is 0.0247. The van der Waals surface area contributed by atoms with Crippen molar-refractivity contribution in [1.29, 1.82) is 0 Å². The van der Waals surface area contributed by atoms with Crippen molar-refractivity contribution in [2.75, 3.05) is 13.1 Å². The number of carbonyl (C=O) groups is 1. The number of aromatic nitrogens is 5. The molecule has 2 aromatic carbocycles. The maximum absolute atomic E-state index is 13.8. The fraction of sp³-hybridized carbons (Fsp3) is 0.222. The molecule has 4 heterocycles. The normalized spacial score (nSPS) is 14.3. The van der Waals surface area contributed by atoms with Gasteiger partial charge in [-0.1, -0.05) is 18.2 Å². The molecule has 11 nitrogen and oxygen atoms in total. The zero-order valence-corrected chi connectivity index (χ0v) is 20.7. The van der Waals surface area contributed by atoms with E-state index in [1.807, 2.05) is 54.2 Å². The van der Waals surface area contributed by atoms with Crippen LogP contribution < -0.4 is 5.69 Å². The highest BCUT2D eigenvalue weighted by molar-refractivity contribution is 5.94. The average Bonchev–Trinajstić information content (AvgIpc) is 3.64.